The Labute approximate surface area is 106 Å². The van der Waals surface area contributed by atoms with Crippen LogP contribution in [-0.2, 0) is 14.3 Å². The van der Waals surface area contributed by atoms with Crippen LogP contribution in [0.3, 0.4) is 0 Å². The molecule has 1 saturated carbocycles. The lowest BCUT2D eigenvalue weighted by Crippen LogP contribution is -2.46. The Hall–Kier alpha value is -1.14. The number of aliphatic carboxylic acids is 1. The van der Waals surface area contributed by atoms with E-state index in [0.717, 1.165) is 19.4 Å². The lowest BCUT2D eigenvalue weighted by molar-refractivity contribution is -0.137. The van der Waals surface area contributed by atoms with Gasteiger partial charge in [0, 0.05) is 25.0 Å². The van der Waals surface area contributed by atoms with Crippen LogP contribution >= 0.6 is 0 Å². The van der Waals surface area contributed by atoms with Crippen LogP contribution in [0.1, 0.15) is 25.7 Å². The molecule has 1 amide bonds. The van der Waals surface area contributed by atoms with Crippen LogP contribution < -0.4 is 10.6 Å². The third kappa shape index (κ3) is 4.27. The largest absolute Gasteiger partial charge is 0.481 e. The van der Waals surface area contributed by atoms with E-state index in [2.05, 4.69) is 10.6 Å². The summed E-state index contributed by atoms with van der Waals surface area (Å²) in [6.45, 7) is 1.99. The molecule has 102 valence electrons. The molecule has 0 radical (unpaired) electrons. The lowest BCUT2D eigenvalue weighted by Gasteiger charge is -2.24. The molecule has 2 rings (SSSR count). The molecule has 3 N–H and O–H groups in total. The zero-order valence-electron chi connectivity index (χ0n) is 10.4. The average Bonchev–Trinajstić information content (AvgIpc) is 3.12. The van der Waals surface area contributed by atoms with E-state index in [-0.39, 0.29) is 24.4 Å². The zero-order valence-corrected chi connectivity index (χ0v) is 10.4. The molecule has 6 nitrogen and oxygen atoms in total. The lowest BCUT2D eigenvalue weighted by atomic mass is 10.1. The van der Waals surface area contributed by atoms with Crippen molar-refractivity contribution in [2.45, 2.75) is 37.8 Å². The number of hydrogen-bond donors (Lipinski definition) is 3. The van der Waals surface area contributed by atoms with Gasteiger partial charge in [0.15, 0.2) is 0 Å². The van der Waals surface area contributed by atoms with Gasteiger partial charge in [0.25, 0.3) is 0 Å². The fourth-order valence-corrected chi connectivity index (χ4v) is 2.26. The van der Waals surface area contributed by atoms with Gasteiger partial charge in [0.1, 0.15) is 0 Å². The second-order valence-corrected chi connectivity index (χ2v) is 5.04. The highest BCUT2D eigenvalue weighted by Crippen LogP contribution is 2.34. The number of hydrogen-bond acceptors (Lipinski definition) is 4. The summed E-state index contributed by atoms with van der Waals surface area (Å²) in [5.41, 5.74) is 0. The third-order valence-corrected chi connectivity index (χ3v) is 3.36. The summed E-state index contributed by atoms with van der Waals surface area (Å²) >= 11 is 0. The minimum absolute atomic E-state index is 0.0189. The van der Waals surface area contributed by atoms with Gasteiger partial charge < -0.3 is 20.5 Å². The summed E-state index contributed by atoms with van der Waals surface area (Å²) in [5.74, 6) is -0.594. The number of carbonyl (C=O) groups is 2. The summed E-state index contributed by atoms with van der Waals surface area (Å²) in [6, 6.07) is -0.164. The first-order valence-corrected chi connectivity index (χ1v) is 6.47. The van der Waals surface area contributed by atoms with Crippen LogP contribution in [0.2, 0.25) is 0 Å². The number of carbonyl (C=O) groups excluding carboxylic acids is 1. The Morgan fingerprint density at radius 2 is 2.22 bits per heavy atom. The molecule has 2 unspecified atom stereocenters. The van der Waals surface area contributed by atoms with Crippen molar-refractivity contribution in [2.24, 2.45) is 5.92 Å². The molecule has 6 heteroatoms. The monoisotopic (exact) mass is 256 g/mol. The standard InChI is InChI=1S/C12H20N2O4/c15-11(5-9-7-18-4-3-13-9)14-10(6-12(16)17)8-1-2-8/h8-10,13H,1-7H2,(H,14,15)(H,16,17). The fourth-order valence-electron chi connectivity index (χ4n) is 2.26. The van der Waals surface area contributed by atoms with E-state index in [0.29, 0.717) is 25.6 Å². The van der Waals surface area contributed by atoms with Crippen molar-refractivity contribution in [1.82, 2.24) is 10.6 Å². The van der Waals surface area contributed by atoms with E-state index in [1.54, 1.807) is 0 Å². The van der Waals surface area contributed by atoms with Crippen molar-refractivity contribution in [3.63, 3.8) is 0 Å². The smallest absolute Gasteiger partial charge is 0.305 e. The number of ether oxygens (including phenoxy) is 1. The maximum Gasteiger partial charge on any atom is 0.305 e. The topological polar surface area (TPSA) is 87.7 Å². The molecule has 0 spiro atoms. The predicted octanol–water partition coefficient (Wildman–Crippen LogP) is -0.266. The minimum Gasteiger partial charge on any atom is -0.481 e. The second kappa shape index (κ2) is 6.15. The predicted molar refractivity (Wildman–Crippen MR) is 64.1 cm³/mol. The molecule has 1 aliphatic carbocycles. The first-order chi connectivity index (χ1) is 8.65. The number of amides is 1. The van der Waals surface area contributed by atoms with Crippen LogP contribution in [0, 0.1) is 5.92 Å². The summed E-state index contributed by atoms with van der Waals surface area (Å²) in [5, 5.41) is 14.9. The van der Waals surface area contributed by atoms with Gasteiger partial charge in [-0.15, -0.1) is 0 Å². The van der Waals surface area contributed by atoms with E-state index < -0.39 is 5.97 Å². The fraction of sp³-hybridized carbons (Fsp3) is 0.833. The molecule has 1 aliphatic heterocycles. The molecule has 0 aromatic rings. The van der Waals surface area contributed by atoms with Crippen molar-refractivity contribution in [3.8, 4) is 0 Å². The molecular weight excluding hydrogens is 236 g/mol. The highest BCUT2D eigenvalue weighted by molar-refractivity contribution is 5.78. The van der Waals surface area contributed by atoms with Gasteiger partial charge in [0.2, 0.25) is 5.91 Å². The molecule has 0 aromatic heterocycles. The maximum absolute atomic E-state index is 11.8. The van der Waals surface area contributed by atoms with E-state index in [9.17, 15) is 9.59 Å². The Morgan fingerprint density at radius 3 is 2.78 bits per heavy atom. The molecule has 2 atom stereocenters. The van der Waals surface area contributed by atoms with Gasteiger partial charge in [-0.3, -0.25) is 9.59 Å². The third-order valence-electron chi connectivity index (χ3n) is 3.36. The van der Waals surface area contributed by atoms with Crippen LogP contribution in [0.4, 0.5) is 0 Å². The quantitative estimate of drug-likeness (QED) is 0.609. The summed E-state index contributed by atoms with van der Waals surface area (Å²) in [7, 11) is 0. The number of rotatable bonds is 6. The van der Waals surface area contributed by atoms with Crippen molar-refractivity contribution in [3.05, 3.63) is 0 Å². The number of carboxylic acid groups (broad SMARTS) is 1. The molecule has 18 heavy (non-hydrogen) atoms. The highest BCUT2D eigenvalue weighted by Gasteiger charge is 2.34. The van der Waals surface area contributed by atoms with E-state index in [1.807, 2.05) is 0 Å². The SMILES string of the molecule is O=C(O)CC(NC(=O)CC1COCCN1)C1CC1. The van der Waals surface area contributed by atoms with Crippen LogP contribution in [0.15, 0.2) is 0 Å². The van der Waals surface area contributed by atoms with Crippen LogP contribution in [0.25, 0.3) is 0 Å². The van der Waals surface area contributed by atoms with Crippen molar-refractivity contribution < 1.29 is 19.4 Å². The number of carboxylic acids is 1. The maximum atomic E-state index is 11.8. The zero-order chi connectivity index (χ0) is 13.0. The van der Waals surface area contributed by atoms with Crippen molar-refractivity contribution >= 4 is 11.9 Å². The van der Waals surface area contributed by atoms with Gasteiger partial charge in [-0.05, 0) is 18.8 Å². The Balaban J connectivity index is 1.75. The summed E-state index contributed by atoms with van der Waals surface area (Å²) < 4.78 is 5.28. The highest BCUT2D eigenvalue weighted by atomic mass is 16.5. The average molecular weight is 256 g/mol. The van der Waals surface area contributed by atoms with Gasteiger partial charge in [-0.2, -0.15) is 0 Å². The van der Waals surface area contributed by atoms with Gasteiger partial charge in [0.05, 0.1) is 19.6 Å². The molecule has 0 aromatic carbocycles. The second-order valence-electron chi connectivity index (χ2n) is 5.04. The molecule has 2 fully saturated rings. The van der Waals surface area contributed by atoms with Crippen molar-refractivity contribution in [2.75, 3.05) is 19.8 Å². The van der Waals surface area contributed by atoms with Gasteiger partial charge in [-0.25, -0.2) is 0 Å². The van der Waals surface area contributed by atoms with Crippen LogP contribution in [-0.4, -0.2) is 48.8 Å². The summed E-state index contributed by atoms with van der Waals surface area (Å²) in [6.07, 6.45) is 2.40. The molecule has 0 bridgehead atoms. The molecule has 1 saturated heterocycles. The number of nitrogens with one attached hydrogen (secondary N) is 2. The minimum atomic E-state index is -0.855. The first kappa shape index (κ1) is 13.3. The molecule has 1 heterocycles. The molecule has 2 aliphatic rings. The van der Waals surface area contributed by atoms with Gasteiger partial charge >= 0.3 is 5.97 Å². The van der Waals surface area contributed by atoms with E-state index >= 15 is 0 Å². The Morgan fingerprint density at radius 1 is 1.44 bits per heavy atom. The Kier molecular flexibility index (Phi) is 4.54. The normalized spacial score (nSPS) is 25.4. The van der Waals surface area contributed by atoms with E-state index in [4.69, 9.17) is 9.84 Å². The van der Waals surface area contributed by atoms with E-state index in [1.165, 1.54) is 0 Å². The summed E-state index contributed by atoms with van der Waals surface area (Å²) in [4.78, 5) is 22.6. The molecular formula is C12H20N2O4. The van der Waals surface area contributed by atoms with Crippen molar-refractivity contribution in [1.29, 1.82) is 0 Å². The number of morpholine rings is 1. The first-order valence-electron chi connectivity index (χ1n) is 6.47. The van der Waals surface area contributed by atoms with Crippen LogP contribution in [0.5, 0.6) is 0 Å². The Bertz CT molecular complexity index is 311. The van der Waals surface area contributed by atoms with Gasteiger partial charge in [-0.1, -0.05) is 0 Å².